The number of thioether (sulfide) groups is 1. The van der Waals surface area contributed by atoms with Gasteiger partial charge < -0.3 is 10.1 Å². The molecule has 3 heterocycles. The van der Waals surface area contributed by atoms with Crippen LogP contribution in [0.1, 0.15) is 64.9 Å². The van der Waals surface area contributed by atoms with Crippen LogP contribution >= 0.6 is 34.4 Å². The van der Waals surface area contributed by atoms with Crippen LogP contribution in [0.25, 0.3) is 11.4 Å². The SMILES string of the molecule is C=CCn1c(SCC(=O)Nc2sc3c(c2C(=O)OC(C)C)CCCC3)nnc1-c1csc(C)c1CC. The van der Waals surface area contributed by atoms with Gasteiger partial charge in [0.2, 0.25) is 5.91 Å². The minimum atomic E-state index is -0.361. The number of aromatic nitrogens is 3. The molecule has 0 aromatic carbocycles. The van der Waals surface area contributed by atoms with Crippen molar-refractivity contribution in [3.05, 3.63) is 44.5 Å². The van der Waals surface area contributed by atoms with E-state index in [-0.39, 0.29) is 23.7 Å². The lowest BCUT2D eigenvalue weighted by Crippen LogP contribution is -2.19. The number of carbonyl (C=O) groups excluding carboxylic acids is 2. The normalized spacial score (nSPS) is 13.0. The summed E-state index contributed by atoms with van der Waals surface area (Å²) in [4.78, 5) is 28.3. The number of anilines is 1. The Bertz CT molecular complexity index is 1270. The number of amides is 1. The van der Waals surface area contributed by atoms with E-state index in [9.17, 15) is 9.59 Å². The third-order valence-electron chi connectivity index (χ3n) is 6.03. The van der Waals surface area contributed by atoms with E-state index >= 15 is 0 Å². The number of hydrogen-bond acceptors (Lipinski definition) is 8. The molecule has 7 nitrogen and oxygen atoms in total. The standard InChI is InChI=1S/C26H32N4O3S3/c1-6-12-30-23(19-13-34-16(5)17(19)7-2)28-29-26(30)35-14-21(31)27-24-22(25(32)33-15(3)4)18-10-8-9-11-20(18)36-24/h6,13,15H,1,7-12,14H2,2-5H3,(H,27,31). The van der Waals surface area contributed by atoms with Gasteiger partial charge in [0.05, 0.1) is 17.4 Å². The molecule has 0 aliphatic heterocycles. The molecule has 0 atom stereocenters. The molecule has 0 radical (unpaired) electrons. The summed E-state index contributed by atoms with van der Waals surface area (Å²) >= 11 is 4.54. The minimum Gasteiger partial charge on any atom is -0.459 e. The van der Waals surface area contributed by atoms with Gasteiger partial charge in [-0.25, -0.2) is 4.79 Å². The molecule has 0 saturated heterocycles. The lowest BCUT2D eigenvalue weighted by atomic mass is 9.95. The number of nitrogens with one attached hydrogen (secondary N) is 1. The zero-order chi connectivity index (χ0) is 25.8. The van der Waals surface area contributed by atoms with Gasteiger partial charge in [0.1, 0.15) is 5.00 Å². The Balaban J connectivity index is 1.52. The van der Waals surface area contributed by atoms with Gasteiger partial charge in [-0.15, -0.1) is 39.4 Å². The number of carbonyl (C=O) groups is 2. The summed E-state index contributed by atoms with van der Waals surface area (Å²) in [6, 6.07) is 0. The molecular weight excluding hydrogens is 513 g/mol. The molecule has 1 amide bonds. The monoisotopic (exact) mass is 544 g/mol. The van der Waals surface area contributed by atoms with Crippen LogP contribution in [0.15, 0.2) is 23.2 Å². The lowest BCUT2D eigenvalue weighted by Gasteiger charge is -2.14. The maximum atomic E-state index is 13.0. The smallest absolute Gasteiger partial charge is 0.341 e. The van der Waals surface area contributed by atoms with Crippen molar-refractivity contribution in [1.29, 1.82) is 0 Å². The van der Waals surface area contributed by atoms with Crippen molar-refractivity contribution in [2.24, 2.45) is 0 Å². The van der Waals surface area contributed by atoms with E-state index in [1.165, 1.54) is 38.4 Å². The average Bonchev–Trinajstić information content (AvgIpc) is 3.51. The van der Waals surface area contributed by atoms with Crippen molar-refractivity contribution in [3.8, 4) is 11.4 Å². The summed E-state index contributed by atoms with van der Waals surface area (Å²) in [5.41, 5.74) is 3.92. The van der Waals surface area contributed by atoms with E-state index in [1.54, 1.807) is 11.3 Å². The van der Waals surface area contributed by atoms with Crippen LogP contribution in [-0.4, -0.2) is 38.5 Å². The summed E-state index contributed by atoms with van der Waals surface area (Å²) < 4.78 is 7.50. The van der Waals surface area contributed by atoms with Crippen molar-refractivity contribution in [3.63, 3.8) is 0 Å². The van der Waals surface area contributed by atoms with Crippen molar-refractivity contribution in [2.75, 3.05) is 11.1 Å². The second-order valence-corrected chi connectivity index (χ2v) is 12.1. The molecule has 10 heteroatoms. The summed E-state index contributed by atoms with van der Waals surface area (Å²) in [5.74, 6) is 0.400. The Morgan fingerprint density at radius 3 is 2.81 bits per heavy atom. The van der Waals surface area contributed by atoms with E-state index in [4.69, 9.17) is 4.74 Å². The summed E-state index contributed by atoms with van der Waals surface area (Å²) in [5, 5.41) is 15.2. The molecule has 1 aliphatic rings. The van der Waals surface area contributed by atoms with Gasteiger partial charge in [-0.2, -0.15) is 0 Å². The van der Waals surface area contributed by atoms with Gasteiger partial charge in [0.25, 0.3) is 0 Å². The van der Waals surface area contributed by atoms with Crippen molar-refractivity contribution in [1.82, 2.24) is 14.8 Å². The Kier molecular flexibility index (Phi) is 8.69. The molecule has 0 fully saturated rings. The highest BCUT2D eigenvalue weighted by Gasteiger charge is 2.28. The largest absolute Gasteiger partial charge is 0.459 e. The van der Waals surface area contributed by atoms with Crippen molar-refractivity contribution >= 4 is 51.3 Å². The fraction of sp³-hybridized carbons (Fsp3) is 0.462. The van der Waals surface area contributed by atoms with Gasteiger partial charge in [0.15, 0.2) is 11.0 Å². The Morgan fingerprint density at radius 1 is 1.31 bits per heavy atom. The number of thiophene rings is 2. The quantitative estimate of drug-likeness (QED) is 0.183. The number of aryl methyl sites for hydroxylation is 2. The van der Waals surface area contributed by atoms with E-state index in [1.807, 2.05) is 24.5 Å². The molecule has 0 unspecified atom stereocenters. The first-order valence-corrected chi connectivity index (χ1v) is 14.9. The van der Waals surface area contributed by atoms with Gasteiger partial charge >= 0.3 is 5.97 Å². The first-order chi connectivity index (χ1) is 17.3. The van der Waals surface area contributed by atoms with Crippen LogP contribution < -0.4 is 5.32 Å². The topological polar surface area (TPSA) is 86.1 Å². The Morgan fingerprint density at radius 2 is 2.08 bits per heavy atom. The first kappa shape index (κ1) is 26.6. The predicted molar refractivity (Wildman–Crippen MR) is 149 cm³/mol. The highest BCUT2D eigenvalue weighted by Crippen LogP contribution is 2.39. The van der Waals surface area contributed by atoms with E-state index in [0.29, 0.717) is 22.3 Å². The second kappa shape index (κ2) is 11.7. The number of fused-ring (bicyclic) bond motifs is 1. The first-order valence-electron chi connectivity index (χ1n) is 12.2. The summed E-state index contributed by atoms with van der Waals surface area (Å²) in [6.45, 7) is 12.4. The van der Waals surface area contributed by atoms with Gasteiger partial charge in [-0.1, -0.05) is 24.8 Å². The molecule has 36 heavy (non-hydrogen) atoms. The highest BCUT2D eigenvalue weighted by atomic mass is 32.2. The van der Waals surface area contributed by atoms with Crippen LogP contribution in [0, 0.1) is 6.92 Å². The van der Waals surface area contributed by atoms with E-state index in [0.717, 1.165) is 49.1 Å². The highest BCUT2D eigenvalue weighted by molar-refractivity contribution is 7.99. The molecule has 192 valence electrons. The Labute approximate surface area is 224 Å². The summed E-state index contributed by atoms with van der Waals surface area (Å²) in [6.07, 6.45) is 6.42. The van der Waals surface area contributed by atoms with Crippen LogP contribution in [-0.2, 0) is 35.3 Å². The molecule has 4 rings (SSSR count). The third kappa shape index (κ3) is 5.60. The van der Waals surface area contributed by atoms with E-state index < -0.39 is 0 Å². The van der Waals surface area contributed by atoms with Gasteiger partial charge in [-0.05, 0) is 64.0 Å². The van der Waals surface area contributed by atoms with Gasteiger partial charge in [-0.3, -0.25) is 9.36 Å². The molecule has 3 aromatic heterocycles. The molecular formula is C26H32N4O3S3. The predicted octanol–water partition coefficient (Wildman–Crippen LogP) is 6.30. The molecule has 1 aliphatic carbocycles. The van der Waals surface area contributed by atoms with Crippen molar-refractivity contribution in [2.45, 2.75) is 77.6 Å². The average molecular weight is 545 g/mol. The fourth-order valence-corrected chi connectivity index (χ4v) is 7.41. The number of ether oxygens (including phenoxy) is 1. The molecule has 0 saturated carbocycles. The van der Waals surface area contributed by atoms with Crippen molar-refractivity contribution < 1.29 is 14.3 Å². The van der Waals surface area contributed by atoms with Gasteiger partial charge in [0, 0.05) is 27.2 Å². The number of allylic oxidation sites excluding steroid dienone is 1. The number of nitrogens with zero attached hydrogens (tertiary/aromatic N) is 3. The maximum Gasteiger partial charge on any atom is 0.341 e. The molecule has 0 spiro atoms. The maximum absolute atomic E-state index is 13.0. The second-order valence-electron chi connectivity index (χ2n) is 8.95. The van der Waals surface area contributed by atoms with Crippen LogP contribution in [0.5, 0.6) is 0 Å². The zero-order valence-electron chi connectivity index (χ0n) is 21.2. The zero-order valence-corrected chi connectivity index (χ0v) is 23.6. The summed E-state index contributed by atoms with van der Waals surface area (Å²) in [7, 11) is 0. The molecule has 3 aromatic rings. The number of hydrogen-bond donors (Lipinski definition) is 1. The van der Waals surface area contributed by atoms with E-state index in [2.05, 4.69) is 41.3 Å². The van der Waals surface area contributed by atoms with Crippen LogP contribution in [0.4, 0.5) is 5.00 Å². The number of rotatable bonds is 10. The number of esters is 1. The van der Waals surface area contributed by atoms with Crippen LogP contribution in [0.2, 0.25) is 0 Å². The minimum absolute atomic E-state index is 0.153. The van der Waals surface area contributed by atoms with Crippen LogP contribution in [0.3, 0.4) is 0 Å². The molecule has 1 N–H and O–H groups in total. The third-order valence-corrected chi connectivity index (χ3v) is 9.16. The Hall–Kier alpha value is -2.43. The molecule has 0 bridgehead atoms. The lowest BCUT2D eigenvalue weighted by molar-refractivity contribution is -0.113. The fourth-order valence-electron chi connectivity index (χ4n) is 4.43.